The van der Waals surface area contributed by atoms with E-state index in [2.05, 4.69) is 25.7 Å². The van der Waals surface area contributed by atoms with Crippen LogP contribution < -0.4 is 5.32 Å². The Labute approximate surface area is 158 Å². The maximum Gasteiger partial charge on any atom is 0.255 e. The van der Waals surface area contributed by atoms with Crippen LogP contribution in [0.3, 0.4) is 0 Å². The molecule has 1 aliphatic rings. The largest absolute Gasteiger partial charge is 0.322 e. The molecule has 2 aromatic carbocycles. The van der Waals surface area contributed by atoms with Gasteiger partial charge >= 0.3 is 0 Å². The van der Waals surface area contributed by atoms with E-state index in [9.17, 15) is 4.79 Å². The van der Waals surface area contributed by atoms with Gasteiger partial charge in [-0.15, -0.1) is 5.10 Å². The van der Waals surface area contributed by atoms with E-state index in [0.29, 0.717) is 11.6 Å². The Balaban J connectivity index is 1.53. The van der Waals surface area contributed by atoms with Crippen molar-refractivity contribution in [1.82, 2.24) is 25.1 Å². The van der Waals surface area contributed by atoms with Gasteiger partial charge in [0.15, 0.2) is 5.82 Å². The Morgan fingerprint density at radius 3 is 2.78 bits per heavy atom. The fraction of sp³-hybridized carbons (Fsp3) is 0.300. The van der Waals surface area contributed by atoms with Crippen LogP contribution in [0.5, 0.6) is 0 Å². The van der Waals surface area contributed by atoms with Gasteiger partial charge in [-0.1, -0.05) is 24.3 Å². The van der Waals surface area contributed by atoms with Crippen LogP contribution in [-0.4, -0.2) is 45.1 Å². The highest BCUT2D eigenvalue weighted by Crippen LogP contribution is 2.36. The first-order valence-electron chi connectivity index (χ1n) is 9.03. The third kappa shape index (κ3) is 4.03. The number of aromatic nitrogens is 4. The second-order valence-electron chi connectivity index (χ2n) is 7.15. The van der Waals surface area contributed by atoms with E-state index in [-0.39, 0.29) is 5.91 Å². The molecular formula is C20H22N6O. The minimum atomic E-state index is -0.130. The van der Waals surface area contributed by atoms with Gasteiger partial charge in [-0.25, -0.2) is 4.68 Å². The number of rotatable bonds is 6. The van der Waals surface area contributed by atoms with Crippen molar-refractivity contribution in [2.75, 3.05) is 19.4 Å². The second-order valence-corrected chi connectivity index (χ2v) is 7.15. The number of benzene rings is 2. The number of carbonyl (C=O) groups is 1. The number of amides is 1. The summed E-state index contributed by atoms with van der Waals surface area (Å²) >= 11 is 0. The van der Waals surface area contributed by atoms with Crippen LogP contribution in [0.15, 0.2) is 48.5 Å². The predicted octanol–water partition coefficient (Wildman–Crippen LogP) is 2.99. The molecule has 1 N–H and O–H groups in total. The number of hydrogen-bond acceptors (Lipinski definition) is 5. The Morgan fingerprint density at radius 1 is 1.19 bits per heavy atom. The van der Waals surface area contributed by atoms with Crippen molar-refractivity contribution in [2.24, 2.45) is 0 Å². The topological polar surface area (TPSA) is 75.9 Å². The maximum absolute atomic E-state index is 12.7. The van der Waals surface area contributed by atoms with Crippen LogP contribution in [-0.2, 0) is 6.54 Å². The average Bonchev–Trinajstić information content (AvgIpc) is 3.38. The highest BCUT2D eigenvalue weighted by molar-refractivity contribution is 6.04. The zero-order valence-electron chi connectivity index (χ0n) is 15.5. The zero-order valence-corrected chi connectivity index (χ0v) is 15.5. The van der Waals surface area contributed by atoms with Gasteiger partial charge in [-0.05, 0) is 67.2 Å². The normalized spacial score (nSPS) is 13.7. The highest BCUT2D eigenvalue weighted by atomic mass is 16.1. The smallest absolute Gasteiger partial charge is 0.255 e. The Morgan fingerprint density at radius 2 is 2.00 bits per heavy atom. The zero-order chi connectivity index (χ0) is 18.8. The lowest BCUT2D eigenvalue weighted by molar-refractivity contribution is 0.102. The van der Waals surface area contributed by atoms with E-state index in [4.69, 9.17) is 0 Å². The van der Waals surface area contributed by atoms with Crippen LogP contribution in [0.1, 0.15) is 34.8 Å². The van der Waals surface area contributed by atoms with Crippen LogP contribution in [0.2, 0.25) is 0 Å². The third-order valence-corrected chi connectivity index (χ3v) is 4.45. The van der Waals surface area contributed by atoms with E-state index in [1.165, 1.54) is 0 Å². The quantitative estimate of drug-likeness (QED) is 0.729. The van der Waals surface area contributed by atoms with E-state index in [0.717, 1.165) is 42.0 Å². The molecule has 0 aliphatic heterocycles. The van der Waals surface area contributed by atoms with E-state index >= 15 is 0 Å². The molecule has 27 heavy (non-hydrogen) atoms. The molecule has 1 amide bonds. The highest BCUT2D eigenvalue weighted by Gasteiger charge is 2.28. The molecule has 1 aromatic heterocycles. The van der Waals surface area contributed by atoms with Crippen molar-refractivity contribution in [3.05, 3.63) is 59.7 Å². The molecule has 1 fully saturated rings. The van der Waals surface area contributed by atoms with Gasteiger partial charge in [0.05, 0.1) is 6.04 Å². The first kappa shape index (κ1) is 17.4. The number of hydrogen-bond donors (Lipinski definition) is 1. The maximum atomic E-state index is 12.7. The van der Waals surface area contributed by atoms with Gasteiger partial charge in [0.1, 0.15) is 0 Å². The van der Waals surface area contributed by atoms with Crippen molar-refractivity contribution < 1.29 is 4.79 Å². The summed E-state index contributed by atoms with van der Waals surface area (Å²) in [5, 5.41) is 15.0. The van der Waals surface area contributed by atoms with Gasteiger partial charge < -0.3 is 10.2 Å². The number of nitrogens with one attached hydrogen (secondary N) is 1. The van der Waals surface area contributed by atoms with Crippen LogP contribution in [0.4, 0.5) is 5.69 Å². The molecule has 7 nitrogen and oxygen atoms in total. The Kier molecular flexibility index (Phi) is 4.68. The van der Waals surface area contributed by atoms with Gasteiger partial charge in [-0.2, -0.15) is 0 Å². The van der Waals surface area contributed by atoms with E-state index in [1.54, 1.807) is 0 Å². The standard InChI is InChI=1S/C20H22N6O/c1-25(2)13-14-5-3-7-16(11-14)20(27)21-17-8-4-6-15(12-17)19-22-23-24-26(19)18-9-10-18/h3-8,11-12,18H,9-10,13H2,1-2H3,(H,21,27). The Hall–Kier alpha value is -3.06. The molecule has 0 bridgehead atoms. The van der Waals surface area contributed by atoms with Crippen LogP contribution in [0.25, 0.3) is 11.4 Å². The number of tetrazole rings is 1. The summed E-state index contributed by atoms with van der Waals surface area (Å²) in [6, 6.07) is 15.7. The minimum absolute atomic E-state index is 0.130. The second kappa shape index (κ2) is 7.28. The van der Waals surface area contributed by atoms with Gasteiger partial charge in [-0.3, -0.25) is 4.79 Å². The van der Waals surface area contributed by atoms with Crippen LogP contribution >= 0.6 is 0 Å². The Bertz CT molecular complexity index is 960. The van der Waals surface area contributed by atoms with Crippen molar-refractivity contribution >= 4 is 11.6 Å². The number of carbonyl (C=O) groups excluding carboxylic acids is 1. The molecule has 3 aromatic rings. The summed E-state index contributed by atoms with van der Waals surface area (Å²) in [6.45, 7) is 0.792. The van der Waals surface area contributed by atoms with Crippen molar-refractivity contribution in [3.8, 4) is 11.4 Å². The van der Waals surface area contributed by atoms with Crippen molar-refractivity contribution in [1.29, 1.82) is 0 Å². The fourth-order valence-corrected chi connectivity index (χ4v) is 3.06. The summed E-state index contributed by atoms with van der Waals surface area (Å²) < 4.78 is 1.87. The van der Waals surface area contributed by atoms with E-state index in [1.807, 2.05) is 67.3 Å². The SMILES string of the molecule is CN(C)Cc1cccc(C(=O)Nc2cccc(-c3nnnn3C3CC3)c2)c1. The molecule has 0 atom stereocenters. The van der Waals surface area contributed by atoms with Crippen molar-refractivity contribution in [3.63, 3.8) is 0 Å². The molecule has 4 rings (SSSR count). The van der Waals surface area contributed by atoms with Crippen LogP contribution in [0, 0.1) is 0 Å². The number of anilines is 1. The summed E-state index contributed by atoms with van der Waals surface area (Å²) in [7, 11) is 4.01. The number of nitrogens with zero attached hydrogens (tertiary/aromatic N) is 5. The molecule has 1 heterocycles. The van der Waals surface area contributed by atoms with Gasteiger partial charge in [0.2, 0.25) is 0 Å². The molecule has 1 saturated carbocycles. The molecule has 138 valence electrons. The molecule has 0 spiro atoms. The molecule has 0 radical (unpaired) electrons. The monoisotopic (exact) mass is 362 g/mol. The molecular weight excluding hydrogens is 340 g/mol. The average molecular weight is 362 g/mol. The first-order valence-corrected chi connectivity index (χ1v) is 9.03. The molecule has 0 saturated heterocycles. The van der Waals surface area contributed by atoms with Gasteiger partial charge in [0, 0.05) is 23.4 Å². The molecule has 1 aliphatic carbocycles. The summed E-state index contributed by atoms with van der Waals surface area (Å²) in [5.74, 6) is 0.608. The lowest BCUT2D eigenvalue weighted by atomic mass is 10.1. The van der Waals surface area contributed by atoms with Crippen molar-refractivity contribution in [2.45, 2.75) is 25.4 Å². The lowest BCUT2D eigenvalue weighted by Gasteiger charge is -2.11. The van der Waals surface area contributed by atoms with E-state index < -0.39 is 0 Å². The minimum Gasteiger partial charge on any atom is -0.322 e. The summed E-state index contributed by atoms with van der Waals surface area (Å²) in [5.41, 5.74) is 3.36. The van der Waals surface area contributed by atoms with Gasteiger partial charge in [0.25, 0.3) is 5.91 Å². The lowest BCUT2D eigenvalue weighted by Crippen LogP contribution is -2.14. The molecule has 7 heteroatoms. The predicted molar refractivity (Wildman–Crippen MR) is 103 cm³/mol. The summed E-state index contributed by atoms with van der Waals surface area (Å²) in [6.07, 6.45) is 2.22. The first-order chi connectivity index (χ1) is 13.1. The molecule has 0 unspecified atom stereocenters. The fourth-order valence-electron chi connectivity index (χ4n) is 3.06. The third-order valence-electron chi connectivity index (χ3n) is 4.45. The summed E-state index contributed by atoms with van der Waals surface area (Å²) in [4.78, 5) is 14.7.